The number of phenolic OH excluding ortho intramolecular Hbond substituents is 1. The molecule has 1 aliphatic heterocycles. The van der Waals surface area contributed by atoms with Crippen molar-refractivity contribution < 1.29 is 9.90 Å². The topological polar surface area (TPSA) is 69.2 Å². The van der Waals surface area contributed by atoms with Gasteiger partial charge < -0.3 is 10.0 Å². The molecule has 3 aromatic rings. The summed E-state index contributed by atoms with van der Waals surface area (Å²) in [5.41, 5.74) is 3.17. The summed E-state index contributed by atoms with van der Waals surface area (Å²) in [6.07, 6.45) is 0.813. The number of fused-ring (bicyclic) bond motifs is 1. The van der Waals surface area contributed by atoms with Gasteiger partial charge in [0.15, 0.2) is 0 Å². The van der Waals surface area contributed by atoms with Crippen molar-refractivity contribution in [2.75, 3.05) is 6.54 Å². The molecule has 2 aromatic carbocycles. The van der Waals surface area contributed by atoms with E-state index >= 15 is 0 Å². The normalized spacial score (nSPS) is 16.0. The summed E-state index contributed by atoms with van der Waals surface area (Å²) in [5, 5.41) is 18.4. The summed E-state index contributed by atoms with van der Waals surface area (Å²) >= 11 is 12.3. The number of amides is 1. The van der Waals surface area contributed by atoms with Gasteiger partial charge in [0.2, 0.25) is 0 Å². The zero-order chi connectivity index (χ0) is 19.1. The number of aromatic amines is 1. The highest BCUT2D eigenvalue weighted by atomic mass is 35.5. The van der Waals surface area contributed by atoms with Crippen LogP contribution < -0.4 is 0 Å². The number of halogens is 2. The van der Waals surface area contributed by atoms with Gasteiger partial charge in [0, 0.05) is 17.7 Å². The Morgan fingerprint density at radius 2 is 1.96 bits per heavy atom. The van der Waals surface area contributed by atoms with E-state index in [2.05, 4.69) is 10.2 Å². The molecule has 1 atom stereocenters. The highest BCUT2D eigenvalue weighted by Gasteiger charge is 2.42. The Balaban J connectivity index is 1.93. The van der Waals surface area contributed by atoms with E-state index in [1.54, 1.807) is 35.2 Å². The predicted octanol–water partition coefficient (Wildman–Crippen LogP) is 5.04. The number of nitrogens with one attached hydrogen (secondary N) is 1. The van der Waals surface area contributed by atoms with Crippen molar-refractivity contribution in [1.82, 2.24) is 15.1 Å². The Labute approximate surface area is 166 Å². The zero-order valence-electron chi connectivity index (χ0n) is 14.5. The maximum Gasteiger partial charge on any atom is 0.273 e. The van der Waals surface area contributed by atoms with Crippen LogP contribution in [0.2, 0.25) is 10.0 Å². The van der Waals surface area contributed by atoms with Crippen LogP contribution >= 0.6 is 23.2 Å². The molecule has 7 heteroatoms. The molecule has 0 bridgehead atoms. The number of carbonyl (C=O) groups excluding carboxylic acids is 1. The number of aromatic nitrogens is 2. The fraction of sp³-hybridized carbons (Fsp3) is 0.200. The highest BCUT2D eigenvalue weighted by molar-refractivity contribution is 6.42. The molecule has 0 radical (unpaired) electrons. The molecule has 27 heavy (non-hydrogen) atoms. The van der Waals surface area contributed by atoms with Crippen LogP contribution in [0.1, 0.15) is 41.0 Å². The van der Waals surface area contributed by atoms with Crippen molar-refractivity contribution in [3.05, 3.63) is 69.3 Å². The van der Waals surface area contributed by atoms with Gasteiger partial charge in [0.25, 0.3) is 5.91 Å². The first kappa shape index (κ1) is 17.9. The Bertz CT molecular complexity index is 1030. The number of benzene rings is 2. The summed E-state index contributed by atoms with van der Waals surface area (Å²) < 4.78 is 0. The first-order chi connectivity index (χ1) is 13.0. The molecule has 5 nitrogen and oxygen atoms in total. The Morgan fingerprint density at radius 3 is 2.67 bits per heavy atom. The van der Waals surface area contributed by atoms with Crippen LogP contribution in [0, 0.1) is 0 Å². The van der Waals surface area contributed by atoms with Crippen molar-refractivity contribution in [3.63, 3.8) is 0 Å². The van der Waals surface area contributed by atoms with Crippen LogP contribution in [0.25, 0.3) is 11.3 Å². The second kappa shape index (κ2) is 6.91. The van der Waals surface area contributed by atoms with E-state index in [-0.39, 0.29) is 17.7 Å². The molecule has 0 unspecified atom stereocenters. The summed E-state index contributed by atoms with van der Waals surface area (Å²) in [7, 11) is 0. The monoisotopic (exact) mass is 401 g/mol. The summed E-state index contributed by atoms with van der Waals surface area (Å²) in [5.74, 6) is -0.00169. The standard InChI is InChI=1S/C20H17Cl2N3O2/c1-2-9-25-19(11-7-8-13(21)14(22)10-11)16-17(23-24-18(16)20(25)27)12-5-3-4-6-15(12)26/h3-8,10,19,26H,2,9H2,1H3,(H,23,24)/t19-/m0/s1. The number of phenols is 1. The molecular weight excluding hydrogens is 385 g/mol. The first-order valence-corrected chi connectivity index (χ1v) is 9.41. The minimum atomic E-state index is -0.351. The van der Waals surface area contributed by atoms with Gasteiger partial charge in [0.05, 0.1) is 16.1 Å². The minimum absolute atomic E-state index is 0.112. The van der Waals surface area contributed by atoms with Crippen molar-refractivity contribution >= 4 is 29.1 Å². The van der Waals surface area contributed by atoms with Gasteiger partial charge in [-0.2, -0.15) is 5.10 Å². The van der Waals surface area contributed by atoms with Crippen LogP contribution in [-0.2, 0) is 0 Å². The quantitative estimate of drug-likeness (QED) is 0.642. The highest BCUT2D eigenvalue weighted by Crippen LogP contribution is 2.45. The molecule has 0 fully saturated rings. The molecule has 4 rings (SSSR count). The van der Waals surface area contributed by atoms with Crippen molar-refractivity contribution in [1.29, 1.82) is 0 Å². The molecule has 138 valence electrons. The van der Waals surface area contributed by atoms with Crippen molar-refractivity contribution in [2.24, 2.45) is 0 Å². The van der Waals surface area contributed by atoms with E-state index in [4.69, 9.17) is 23.2 Å². The maximum absolute atomic E-state index is 13.0. The number of nitrogens with zero attached hydrogens (tertiary/aromatic N) is 2. The Kier molecular flexibility index (Phi) is 4.58. The lowest BCUT2D eigenvalue weighted by atomic mass is 9.95. The summed E-state index contributed by atoms with van der Waals surface area (Å²) in [6.45, 7) is 2.61. The molecule has 2 N–H and O–H groups in total. The lowest BCUT2D eigenvalue weighted by Crippen LogP contribution is -2.30. The van der Waals surface area contributed by atoms with Crippen molar-refractivity contribution in [3.8, 4) is 17.0 Å². The fourth-order valence-electron chi connectivity index (χ4n) is 3.58. The van der Waals surface area contributed by atoms with Gasteiger partial charge in [-0.3, -0.25) is 9.89 Å². The minimum Gasteiger partial charge on any atom is -0.507 e. The summed E-state index contributed by atoms with van der Waals surface area (Å²) in [4.78, 5) is 14.8. The SMILES string of the molecule is CCCN1C(=O)c2[nH]nc(-c3ccccc3O)c2[C@@H]1c1ccc(Cl)c(Cl)c1. The van der Waals surface area contributed by atoms with E-state index in [1.807, 2.05) is 19.1 Å². The number of rotatable bonds is 4. The van der Waals surface area contributed by atoms with E-state index in [0.717, 1.165) is 17.5 Å². The summed E-state index contributed by atoms with van der Waals surface area (Å²) in [6, 6.07) is 12.0. The van der Waals surface area contributed by atoms with Gasteiger partial charge in [-0.1, -0.05) is 48.3 Å². The average molecular weight is 402 g/mol. The number of para-hydroxylation sites is 1. The third kappa shape index (κ3) is 2.87. The van der Waals surface area contributed by atoms with Crippen LogP contribution in [0.15, 0.2) is 42.5 Å². The zero-order valence-corrected chi connectivity index (χ0v) is 16.1. The molecular formula is C20H17Cl2N3O2. The van der Waals surface area contributed by atoms with Gasteiger partial charge >= 0.3 is 0 Å². The largest absolute Gasteiger partial charge is 0.507 e. The molecule has 0 aliphatic carbocycles. The third-order valence-electron chi connectivity index (χ3n) is 4.75. The van der Waals surface area contributed by atoms with E-state index in [9.17, 15) is 9.90 Å². The second-order valence-electron chi connectivity index (χ2n) is 6.45. The number of carbonyl (C=O) groups is 1. The van der Waals surface area contributed by atoms with E-state index in [1.165, 1.54) is 0 Å². The van der Waals surface area contributed by atoms with Crippen LogP contribution in [0.5, 0.6) is 5.75 Å². The van der Waals surface area contributed by atoms with Crippen molar-refractivity contribution in [2.45, 2.75) is 19.4 Å². The van der Waals surface area contributed by atoms with Crippen LogP contribution in [0.4, 0.5) is 0 Å². The van der Waals surface area contributed by atoms with Crippen LogP contribution in [-0.4, -0.2) is 32.7 Å². The van der Waals surface area contributed by atoms with Gasteiger partial charge in [-0.15, -0.1) is 0 Å². The van der Waals surface area contributed by atoms with Gasteiger partial charge in [-0.25, -0.2) is 0 Å². The molecule has 1 amide bonds. The van der Waals surface area contributed by atoms with E-state index < -0.39 is 0 Å². The maximum atomic E-state index is 13.0. The van der Waals surface area contributed by atoms with Gasteiger partial charge in [0.1, 0.15) is 17.1 Å². The number of H-pyrrole nitrogens is 1. The number of aromatic hydroxyl groups is 1. The Morgan fingerprint density at radius 1 is 1.19 bits per heavy atom. The third-order valence-corrected chi connectivity index (χ3v) is 5.49. The lowest BCUT2D eigenvalue weighted by Gasteiger charge is -2.26. The fourth-order valence-corrected chi connectivity index (χ4v) is 3.88. The number of hydrogen-bond acceptors (Lipinski definition) is 3. The second-order valence-corrected chi connectivity index (χ2v) is 7.27. The molecule has 0 saturated heterocycles. The molecule has 1 aromatic heterocycles. The average Bonchev–Trinajstić information content (AvgIpc) is 3.18. The van der Waals surface area contributed by atoms with Gasteiger partial charge in [-0.05, 0) is 36.2 Å². The lowest BCUT2D eigenvalue weighted by molar-refractivity contribution is 0.0744. The predicted molar refractivity (Wildman–Crippen MR) is 105 cm³/mol. The molecule has 0 spiro atoms. The molecule has 0 saturated carbocycles. The van der Waals surface area contributed by atoms with E-state index in [0.29, 0.717) is 33.5 Å². The smallest absolute Gasteiger partial charge is 0.273 e. The number of hydrogen-bond donors (Lipinski definition) is 2. The molecule has 2 heterocycles. The Hall–Kier alpha value is -2.50. The van der Waals surface area contributed by atoms with Crippen LogP contribution in [0.3, 0.4) is 0 Å². The first-order valence-electron chi connectivity index (χ1n) is 8.65. The molecule has 1 aliphatic rings.